The maximum atomic E-state index is 14.8. The summed E-state index contributed by atoms with van der Waals surface area (Å²) in [7, 11) is 0. The molecule has 1 aliphatic carbocycles. The highest BCUT2D eigenvalue weighted by Gasteiger charge is 2.43. The quantitative estimate of drug-likeness (QED) is 0.528. The summed E-state index contributed by atoms with van der Waals surface area (Å²) in [5.41, 5.74) is 2.23. The van der Waals surface area contributed by atoms with Crippen LogP contribution in [0.2, 0.25) is 0 Å². The van der Waals surface area contributed by atoms with Crippen LogP contribution in [0.25, 0.3) is 0 Å². The zero-order chi connectivity index (χ0) is 21.9. The van der Waals surface area contributed by atoms with Crippen LogP contribution in [0.4, 0.5) is 4.39 Å². The molecule has 0 aromatic heterocycles. The van der Waals surface area contributed by atoms with Gasteiger partial charge in [0.05, 0.1) is 18.1 Å². The Bertz CT molecular complexity index is 900. The lowest BCUT2D eigenvalue weighted by atomic mass is 9.68. The van der Waals surface area contributed by atoms with E-state index in [9.17, 15) is 14.0 Å². The summed E-state index contributed by atoms with van der Waals surface area (Å²) in [6.07, 6.45) is 1.89. The zero-order valence-corrected chi connectivity index (χ0v) is 18.1. The molecule has 0 amide bonds. The summed E-state index contributed by atoms with van der Waals surface area (Å²) >= 11 is 0. The molecule has 5 nitrogen and oxygen atoms in total. The number of ether oxygens (including phenoxy) is 2. The van der Waals surface area contributed by atoms with Crippen molar-refractivity contribution in [1.82, 2.24) is 5.32 Å². The number of carbonyl (C=O) groups is 2. The van der Waals surface area contributed by atoms with Crippen LogP contribution in [0.15, 0.2) is 46.8 Å². The molecule has 1 N–H and O–H groups in total. The lowest BCUT2D eigenvalue weighted by Gasteiger charge is -2.39. The standard InChI is InChI=1S/C24H30FNO4/c1-5-10-29-11-12-30-23(28)20-15(2)26-18-13-24(3,4)14-19(27)22(18)21(20)16-8-6-7-9-17(16)25/h6-9,21,26H,5,10-14H2,1-4H3. The topological polar surface area (TPSA) is 64.6 Å². The highest BCUT2D eigenvalue weighted by atomic mass is 19.1. The summed E-state index contributed by atoms with van der Waals surface area (Å²) in [5.74, 6) is -1.85. The van der Waals surface area contributed by atoms with Gasteiger partial charge in [-0.15, -0.1) is 0 Å². The summed E-state index contributed by atoms with van der Waals surface area (Å²) in [6, 6.07) is 6.30. The molecule has 0 saturated carbocycles. The van der Waals surface area contributed by atoms with Crippen LogP contribution in [0.3, 0.4) is 0 Å². The van der Waals surface area contributed by atoms with Crippen LogP contribution in [0.1, 0.15) is 58.4 Å². The first-order chi connectivity index (χ1) is 14.2. The van der Waals surface area contributed by atoms with Crippen molar-refractivity contribution in [2.75, 3.05) is 19.8 Å². The number of hydrogen-bond donors (Lipinski definition) is 1. The van der Waals surface area contributed by atoms with Crippen LogP contribution < -0.4 is 5.32 Å². The predicted molar refractivity (Wildman–Crippen MR) is 112 cm³/mol. The van der Waals surface area contributed by atoms with Gasteiger partial charge >= 0.3 is 5.97 Å². The number of hydrogen-bond acceptors (Lipinski definition) is 5. The van der Waals surface area contributed by atoms with Crippen LogP contribution in [0, 0.1) is 11.2 Å². The fraction of sp³-hybridized carbons (Fsp3) is 0.500. The number of esters is 1. The summed E-state index contributed by atoms with van der Waals surface area (Å²) in [5, 5.41) is 3.25. The van der Waals surface area contributed by atoms with Gasteiger partial charge in [0.25, 0.3) is 0 Å². The van der Waals surface area contributed by atoms with Gasteiger partial charge in [-0.25, -0.2) is 9.18 Å². The van der Waals surface area contributed by atoms with Gasteiger partial charge in [-0.1, -0.05) is 39.0 Å². The Kier molecular flexibility index (Phi) is 6.76. The Balaban J connectivity index is 1.98. The van der Waals surface area contributed by atoms with E-state index in [2.05, 4.69) is 5.32 Å². The molecule has 1 aromatic carbocycles. The van der Waals surface area contributed by atoms with E-state index in [1.165, 1.54) is 6.07 Å². The average Bonchev–Trinajstić information content (AvgIpc) is 2.66. The van der Waals surface area contributed by atoms with Crippen molar-refractivity contribution < 1.29 is 23.5 Å². The summed E-state index contributed by atoms with van der Waals surface area (Å²) in [6.45, 7) is 8.84. The third-order valence-corrected chi connectivity index (χ3v) is 5.49. The van der Waals surface area contributed by atoms with Crippen molar-refractivity contribution in [2.45, 2.75) is 52.9 Å². The maximum absolute atomic E-state index is 14.8. The Hall–Kier alpha value is -2.47. The number of rotatable bonds is 7. The van der Waals surface area contributed by atoms with Crippen LogP contribution in [-0.4, -0.2) is 31.6 Å². The van der Waals surface area contributed by atoms with Gasteiger partial charge < -0.3 is 14.8 Å². The first-order valence-electron chi connectivity index (χ1n) is 10.5. The first-order valence-corrected chi connectivity index (χ1v) is 10.5. The molecule has 1 unspecified atom stereocenters. The van der Waals surface area contributed by atoms with E-state index in [-0.39, 0.29) is 23.4 Å². The molecule has 1 aromatic rings. The number of nitrogens with one attached hydrogen (secondary N) is 1. The van der Waals surface area contributed by atoms with Crippen molar-refractivity contribution >= 4 is 11.8 Å². The Morgan fingerprint density at radius 3 is 2.63 bits per heavy atom. The minimum atomic E-state index is -0.782. The van der Waals surface area contributed by atoms with E-state index in [1.54, 1.807) is 25.1 Å². The lowest BCUT2D eigenvalue weighted by molar-refractivity contribution is -0.141. The smallest absolute Gasteiger partial charge is 0.336 e. The molecule has 0 fully saturated rings. The second-order valence-corrected chi connectivity index (χ2v) is 8.70. The van der Waals surface area contributed by atoms with Gasteiger partial charge in [-0.3, -0.25) is 4.79 Å². The maximum Gasteiger partial charge on any atom is 0.336 e. The Labute approximate surface area is 177 Å². The molecule has 1 heterocycles. The van der Waals surface area contributed by atoms with Crippen molar-refractivity contribution in [2.24, 2.45) is 5.41 Å². The molecule has 2 aliphatic rings. The van der Waals surface area contributed by atoms with Crippen molar-refractivity contribution in [3.05, 3.63) is 58.2 Å². The Morgan fingerprint density at radius 1 is 1.20 bits per heavy atom. The monoisotopic (exact) mass is 415 g/mol. The van der Waals surface area contributed by atoms with Gasteiger partial charge in [0, 0.05) is 35.6 Å². The number of halogens is 1. The van der Waals surface area contributed by atoms with Gasteiger partial charge in [0.1, 0.15) is 12.4 Å². The molecule has 1 atom stereocenters. The SMILES string of the molecule is CCCOCCOC(=O)C1=C(C)NC2=C(C(=O)CC(C)(C)C2)C1c1ccccc1F. The number of benzene rings is 1. The molecule has 162 valence electrons. The predicted octanol–water partition coefficient (Wildman–Crippen LogP) is 4.40. The number of ketones is 1. The average molecular weight is 416 g/mol. The number of dihydropyridines is 1. The molecular formula is C24H30FNO4. The normalized spacial score (nSPS) is 20.7. The number of allylic oxidation sites excluding steroid dienone is 3. The van der Waals surface area contributed by atoms with E-state index >= 15 is 0 Å². The second kappa shape index (κ2) is 9.13. The van der Waals surface area contributed by atoms with Crippen molar-refractivity contribution in [3.63, 3.8) is 0 Å². The van der Waals surface area contributed by atoms with Gasteiger partial charge in [0.2, 0.25) is 0 Å². The molecule has 0 radical (unpaired) electrons. The number of carbonyl (C=O) groups excluding carboxylic acids is 2. The minimum absolute atomic E-state index is 0.0638. The van der Waals surface area contributed by atoms with Gasteiger partial charge in [-0.2, -0.15) is 0 Å². The second-order valence-electron chi connectivity index (χ2n) is 8.70. The van der Waals surface area contributed by atoms with Crippen molar-refractivity contribution in [1.29, 1.82) is 0 Å². The van der Waals surface area contributed by atoms with Crippen molar-refractivity contribution in [3.8, 4) is 0 Å². The van der Waals surface area contributed by atoms with E-state index < -0.39 is 17.7 Å². The molecule has 1 aliphatic heterocycles. The highest BCUT2D eigenvalue weighted by molar-refractivity contribution is 6.04. The van der Waals surface area contributed by atoms with E-state index in [1.807, 2.05) is 20.8 Å². The van der Waals surface area contributed by atoms with Crippen LogP contribution in [0.5, 0.6) is 0 Å². The summed E-state index contributed by atoms with van der Waals surface area (Å²) < 4.78 is 25.6. The van der Waals surface area contributed by atoms with Crippen LogP contribution >= 0.6 is 0 Å². The molecule has 0 bridgehead atoms. The molecule has 30 heavy (non-hydrogen) atoms. The van der Waals surface area contributed by atoms with E-state index in [4.69, 9.17) is 9.47 Å². The number of Topliss-reactive ketones (excluding diaryl/α,β-unsaturated/α-hetero) is 1. The first kappa shape index (κ1) is 22.2. The highest BCUT2D eigenvalue weighted by Crippen LogP contribution is 2.47. The minimum Gasteiger partial charge on any atom is -0.460 e. The fourth-order valence-corrected chi connectivity index (χ4v) is 4.24. The lowest BCUT2D eigenvalue weighted by Crippen LogP contribution is -2.39. The third-order valence-electron chi connectivity index (χ3n) is 5.49. The van der Waals surface area contributed by atoms with E-state index in [0.29, 0.717) is 42.9 Å². The molecule has 0 saturated heterocycles. The van der Waals surface area contributed by atoms with Gasteiger partial charge in [-0.05, 0) is 31.2 Å². The van der Waals surface area contributed by atoms with E-state index in [0.717, 1.165) is 12.1 Å². The molecule has 6 heteroatoms. The van der Waals surface area contributed by atoms with Gasteiger partial charge in [0.15, 0.2) is 5.78 Å². The molecule has 3 rings (SSSR count). The van der Waals surface area contributed by atoms with Crippen LogP contribution in [-0.2, 0) is 19.1 Å². The Morgan fingerprint density at radius 2 is 1.93 bits per heavy atom. The molecular weight excluding hydrogens is 385 g/mol. The largest absolute Gasteiger partial charge is 0.460 e. The molecule has 0 spiro atoms. The summed E-state index contributed by atoms with van der Waals surface area (Å²) in [4.78, 5) is 26.1. The zero-order valence-electron chi connectivity index (χ0n) is 18.1. The third kappa shape index (κ3) is 4.64. The fourth-order valence-electron chi connectivity index (χ4n) is 4.24.